The lowest BCUT2D eigenvalue weighted by atomic mass is 9.86. The number of nitrogens with one attached hydrogen (secondary N) is 1. The molecule has 1 unspecified atom stereocenters. The predicted octanol–water partition coefficient (Wildman–Crippen LogP) is 4.07. The molecule has 1 aliphatic carbocycles. The average Bonchev–Trinajstić information content (AvgIpc) is 3.03. The number of fused-ring (bicyclic) bond motifs is 1. The highest BCUT2D eigenvalue weighted by molar-refractivity contribution is 5.83. The molecule has 4 heteroatoms. The van der Waals surface area contributed by atoms with Crippen molar-refractivity contribution >= 4 is 16.9 Å². The highest BCUT2D eigenvalue weighted by Crippen LogP contribution is 2.27. The molecule has 3 rings (SSSR count). The number of carbonyl (C=O) groups is 1. The van der Waals surface area contributed by atoms with Crippen molar-refractivity contribution in [3.8, 4) is 0 Å². The van der Waals surface area contributed by atoms with Crippen LogP contribution in [0, 0.1) is 5.92 Å². The van der Waals surface area contributed by atoms with Crippen molar-refractivity contribution in [2.75, 3.05) is 6.54 Å². The van der Waals surface area contributed by atoms with Gasteiger partial charge in [0.2, 0.25) is 5.91 Å². The van der Waals surface area contributed by atoms with Gasteiger partial charge in [-0.2, -0.15) is 0 Å². The van der Waals surface area contributed by atoms with Crippen LogP contribution >= 0.6 is 0 Å². The van der Waals surface area contributed by atoms with Crippen molar-refractivity contribution in [2.24, 2.45) is 5.92 Å². The molecular weight excluding hydrogens is 286 g/mol. The summed E-state index contributed by atoms with van der Waals surface area (Å²) in [7, 11) is 0. The average molecular weight is 313 g/mol. The fourth-order valence-electron chi connectivity index (χ4n) is 3.64. The van der Waals surface area contributed by atoms with Gasteiger partial charge in [0.15, 0.2) is 0 Å². The normalized spacial score (nSPS) is 17.3. The Balaban J connectivity index is 1.48. The maximum Gasteiger partial charge on any atom is 0.242 e. The molecular formula is C19H27N3O. The van der Waals surface area contributed by atoms with Crippen LogP contribution in [-0.2, 0) is 4.79 Å². The molecule has 1 aromatic heterocycles. The summed E-state index contributed by atoms with van der Waals surface area (Å²) in [5, 5.41) is 3.09. The van der Waals surface area contributed by atoms with Crippen molar-refractivity contribution in [1.29, 1.82) is 0 Å². The third-order valence-corrected chi connectivity index (χ3v) is 5.09. The van der Waals surface area contributed by atoms with E-state index in [0.29, 0.717) is 0 Å². The van der Waals surface area contributed by atoms with E-state index in [9.17, 15) is 4.79 Å². The minimum atomic E-state index is -0.225. The van der Waals surface area contributed by atoms with Crippen LogP contribution in [0.5, 0.6) is 0 Å². The number of benzene rings is 1. The Kier molecular flexibility index (Phi) is 5.31. The molecule has 1 aromatic carbocycles. The van der Waals surface area contributed by atoms with E-state index in [1.54, 1.807) is 6.33 Å². The van der Waals surface area contributed by atoms with Crippen LogP contribution in [-0.4, -0.2) is 22.0 Å². The lowest BCUT2D eigenvalue weighted by Gasteiger charge is -2.21. The quantitative estimate of drug-likeness (QED) is 0.817. The smallest absolute Gasteiger partial charge is 0.242 e. The zero-order chi connectivity index (χ0) is 16.1. The van der Waals surface area contributed by atoms with Crippen LogP contribution < -0.4 is 5.32 Å². The second-order valence-corrected chi connectivity index (χ2v) is 6.75. The summed E-state index contributed by atoms with van der Waals surface area (Å²) in [6, 6.07) is 7.71. The van der Waals surface area contributed by atoms with Gasteiger partial charge in [-0.15, -0.1) is 0 Å². The van der Waals surface area contributed by atoms with E-state index in [2.05, 4.69) is 10.3 Å². The Bertz CT molecular complexity index is 643. The molecule has 1 amide bonds. The van der Waals surface area contributed by atoms with Crippen LogP contribution in [0.15, 0.2) is 30.6 Å². The Labute approximate surface area is 138 Å². The minimum Gasteiger partial charge on any atom is -0.354 e. The maximum atomic E-state index is 12.4. The Morgan fingerprint density at radius 3 is 2.91 bits per heavy atom. The van der Waals surface area contributed by atoms with E-state index < -0.39 is 0 Å². The van der Waals surface area contributed by atoms with E-state index in [1.807, 2.05) is 35.8 Å². The summed E-state index contributed by atoms with van der Waals surface area (Å²) in [6.07, 6.45) is 11.1. The van der Waals surface area contributed by atoms with E-state index >= 15 is 0 Å². The first-order valence-electron chi connectivity index (χ1n) is 8.95. The molecule has 1 saturated carbocycles. The zero-order valence-corrected chi connectivity index (χ0v) is 14.0. The largest absolute Gasteiger partial charge is 0.354 e. The van der Waals surface area contributed by atoms with Crippen LogP contribution in [0.3, 0.4) is 0 Å². The molecule has 4 nitrogen and oxygen atoms in total. The third-order valence-electron chi connectivity index (χ3n) is 5.09. The van der Waals surface area contributed by atoms with Gasteiger partial charge in [-0.25, -0.2) is 4.98 Å². The minimum absolute atomic E-state index is 0.0804. The van der Waals surface area contributed by atoms with Crippen molar-refractivity contribution in [1.82, 2.24) is 14.9 Å². The molecule has 0 aliphatic heterocycles. The zero-order valence-electron chi connectivity index (χ0n) is 14.0. The number of nitrogens with zero attached hydrogens (tertiary/aromatic N) is 2. The molecule has 0 radical (unpaired) electrons. The molecule has 1 aliphatic rings. The summed E-state index contributed by atoms with van der Waals surface area (Å²) in [6.45, 7) is 2.72. The summed E-state index contributed by atoms with van der Waals surface area (Å²) >= 11 is 0. The summed E-state index contributed by atoms with van der Waals surface area (Å²) in [5.41, 5.74) is 1.95. The first-order chi connectivity index (χ1) is 11.3. The number of imidazole rings is 1. The lowest BCUT2D eigenvalue weighted by molar-refractivity contribution is -0.123. The molecule has 1 atom stereocenters. The number of hydrogen-bond donors (Lipinski definition) is 1. The van der Waals surface area contributed by atoms with E-state index in [1.165, 1.54) is 38.5 Å². The first-order valence-corrected chi connectivity index (χ1v) is 8.95. The van der Waals surface area contributed by atoms with Gasteiger partial charge in [-0.05, 0) is 37.8 Å². The van der Waals surface area contributed by atoms with Crippen molar-refractivity contribution in [3.63, 3.8) is 0 Å². The Morgan fingerprint density at radius 1 is 1.30 bits per heavy atom. The molecule has 1 N–H and O–H groups in total. The fourth-order valence-corrected chi connectivity index (χ4v) is 3.64. The standard InChI is InChI=1S/C19H27N3O/c1-15(22-14-21-17-11-5-6-12-18(17)22)19(23)20-13-7-10-16-8-3-2-4-9-16/h5-6,11-12,14-16H,2-4,7-10,13H2,1H3,(H,20,23). The molecule has 0 spiro atoms. The first kappa shape index (κ1) is 16.0. The molecule has 1 fully saturated rings. The number of hydrogen-bond acceptors (Lipinski definition) is 2. The van der Waals surface area contributed by atoms with Gasteiger partial charge in [0, 0.05) is 6.54 Å². The summed E-state index contributed by atoms with van der Waals surface area (Å²) < 4.78 is 1.95. The summed E-state index contributed by atoms with van der Waals surface area (Å²) in [5.74, 6) is 0.965. The number of para-hydroxylation sites is 2. The van der Waals surface area contributed by atoms with E-state index in [-0.39, 0.29) is 11.9 Å². The predicted molar refractivity (Wildman–Crippen MR) is 93.3 cm³/mol. The molecule has 0 bridgehead atoms. The number of amides is 1. The highest BCUT2D eigenvalue weighted by Gasteiger charge is 2.17. The van der Waals surface area contributed by atoms with Gasteiger partial charge < -0.3 is 9.88 Å². The van der Waals surface area contributed by atoms with Gasteiger partial charge in [0.05, 0.1) is 17.4 Å². The number of aromatic nitrogens is 2. The Morgan fingerprint density at radius 2 is 2.09 bits per heavy atom. The fraction of sp³-hybridized carbons (Fsp3) is 0.579. The van der Waals surface area contributed by atoms with Crippen molar-refractivity contribution in [3.05, 3.63) is 30.6 Å². The molecule has 0 saturated heterocycles. The Hall–Kier alpha value is -1.84. The van der Waals surface area contributed by atoms with Crippen LogP contribution in [0.1, 0.15) is 57.9 Å². The monoisotopic (exact) mass is 313 g/mol. The van der Waals surface area contributed by atoms with Gasteiger partial charge >= 0.3 is 0 Å². The highest BCUT2D eigenvalue weighted by atomic mass is 16.2. The van der Waals surface area contributed by atoms with Crippen LogP contribution in [0.25, 0.3) is 11.0 Å². The third kappa shape index (κ3) is 3.92. The molecule has 1 heterocycles. The number of carbonyl (C=O) groups excluding carboxylic acids is 1. The SMILES string of the molecule is CC(C(=O)NCCCC1CCCCC1)n1cnc2ccccc21. The second-order valence-electron chi connectivity index (χ2n) is 6.75. The van der Waals surface area contributed by atoms with Gasteiger partial charge in [-0.1, -0.05) is 44.2 Å². The van der Waals surface area contributed by atoms with E-state index in [4.69, 9.17) is 0 Å². The summed E-state index contributed by atoms with van der Waals surface area (Å²) in [4.78, 5) is 16.7. The topological polar surface area (TPSA) is 46.9 Å². The molecule has 124 valence electrons. The van der Waals surface area contributed by atoms with Crippen molar-refractivity contribution in [2.45, 2.75) is 57.9 Å². The molecule has 23 heavy (non-hydrogen) atoms. The molecule has 2 aromatic rings. The maximum absolute atomic E-state index is 12.4. The second kappa shape index (κ2) is 7.62. The van der Waals surface area contributed by atoms with Gasteiger partial charge in [0.25, 0.3) is 0 Å². The van der Waals surface area contributed by atoms with Gasteiger partial charge in [0.1, 0.15) is 6.04 Å². The van der Waals surface area contributed by atoms with Crippen LogP contribution in [0.2, 0.25) is 0 Å². The number of rotatable bonds is 6. The van der Waals surface area contributed by atoms with Crippen molar-refractivity contribution < 1.29 is 4.79 Å². The van der Waals surface area contributed by atoms with Gasteiger partial charge in [-0.3, -0.25) is 4.79 Å². The van der Waals surface area contributed by atoms with Crippen LogP contribution in [0.4, 0.5) is 0 Å². The lowest BCUT2D eigenvalue weighted by Crippen LogP contribution is -2.31. The van der Waals surface area contributed by atoms with E-state index in [0.717, 1.165) is 29.9 Å².